The van der Waals surface area contributed by atoms with Crippen LogP contribution >= 0.6 is 11.8 Å². The van der Waals surface area contributed by atoms with Crippen molar-refractivity contribution in [2.24, 2.45) is 7.05 Å². The molecule has 0 saturated carbocycles. The van der Waals surface area contributed by atoms with E-state index in [9.17, 15) is 4.79 Å². The molecule has 0 unspecified atom stereocenters. The van der Waals surface area contributed by atoms with Crippen LogP contribution in [0.3, 0.4) is 0 Å². The van der Waals surface area contributed by atoms with Gasteiger partial charge in [0.15, 0.2) is 11.5 Å². The average molecular weight is 440 g/mol. The van der Waals surface area contributed by atoms with Crippen molar-refractivity contribution in [3.8, 4) is 11.5 Å². The van der Waals surface area contributed by atoms with Crippen LogP contribution < -0.4 is 14.8 Å². The highest BCUT2D eigenvalue weighted by Crippen LogP contribution is 2.35. The van der Waals surface area contributed by atoms with E-state index >= 15 is 0 Å². The van der Waals surface area contributed by atoms with Crippen molar-refractivity contribution in [2.75, 3.05) is 26.2 Å². The largest absolute Gasteiger partial charge is 0.496 e. The van der Waals surface area contributed by atoms with E-state index in [0.29, 0.717) is 23.0 Å². The third-order valence-electron chi connectivity index (χ3n) is 5.36. The Bertz CT molecular complexity index is 1230. The first-order valence-electron chi connectivity index (χ1n) is 9.89. The summed E-state index contributed by atoms with van der Waals surface area (Å²) in [5.41, 5.74) is 2.07. The summed E-state index contributed by atoms with van der Waals surface area (Å²) < 4.78 is 14.7. The summed E-state index contributed by atoms with van der Waals surface area (Å²) in [6, 6.07) is 11.0. The molecule has 31 heavy (non-hydrogen) atoms. The molecule has 0 aliphatic rings. The SMILES string of the molecule is COc1ccc(OC)c2c1cc(C(=O)N[C@H](CCSC)c1nnc3ccccn13)n2C. The Kier molecular flexibility index (Phi) is 6.03. The lowest BCUT2D eigenvalue weighted by Gasteiger charge is -2.17. The smallest absolute Gasteiger partial charge is 0.268 e. The van der Waals surface area contributed by atoms with Crippen LogP contribution in [0.5, 0.6) is 11.5 Å². The number of carbonyl (C=O) groups is 1. The first-order chi connectivity index (χ1) is 15.1. The molecule has 8 nitrogen and oxygen atoms in total. The van der Waals surface area contributed by atoms with Crippen LogP contribution in [-0.2, 0) is 7.05 Å². The second-order valence-corrected chi connectivity index (χ2v) is 8.10. The Morgan fingerprint density at radius 3 is 2.68 bits per heavy atom. The standard InChI is InChI=1S/C22H25N5O3S/c1-26-16(13-14-17(29-2)8-9-18(30-3)20(14)26)22(28)23-15(10-12-31-4)21-25-24-19-7-5-6-11-27(19)21/h5-9,11,13,15H,10,12H2,1-4H3,(H,23,28)/t15-/m1/s1. The van der Waals surface area contributed by atoms with E-state index in [0.717, 1.165) is 28.7 Å². The highest BCUT2D eigenvalue weighted by molar-refractivity contribution is 7.98. The number of thioether (sulfide) groups is 1. The molecule has 0 aliphatic heterocycles. The minimum atomic E-state index is -0.279. The van der Waals surface area contributed by atoms with Gasteiger partial charge < -0.3 is 19.4 Å². The first kappa shape index (κ1) is 21.0. The fraction of sp³-hybridized carbons (Fsp3) is 0.318. The number of nitrogens with zero attached hydrogens (tertiary/aromatic N) is 4. The van der Waals surface area contributed by atoms with Gasteiger partial charge in [0.1, 0.15) is 17.2 Å². The number of carbonyl (C=O) groups excluding carboxylic acids is 1. The lowest BCUT2D eigenvalue weighted by Crippen LogP contribution is -2.31. The molecule has 3 aromatic heterocycles. The van der Waals surface area contributed by atoms with Crippen LogP contribution in [-0.4, -0.2) is 51.3 Å². The molecule has 1 aromatic carbocycles. The number of hydrogen-bond donors (Lipinski definition) is 1. The number of amides is 1. The maximum atomic E-state index is 13.4. The number of aromatic nitrogens is 4. The van der Waals surface area contributed by atoms with Crippen LogP contribution in [0, 0.1) is 0 Å². The van der Waals surface area contributed by atoms with Crippen molar-refractivity contribution in [3.63, 3.8) is 0 Å². The van der Waals surface area contributed by atoms with Gasteiger partial charge in [0.25, 0.3) is 5.91 Å². The Balaban J connectivity index is 1.72. The summed E-state index contributed by atoms with van der Waals surface area (Å²) in [6.45, 7) is 0. The molecule has 4 aromatic rings. The zero-order valence-corrected chi connectivity index (χ0v) is 18.8. The number of pyridine rings is 1. The number of fused-ring (bicyclic) bond motifs is 2. The molecule has 0 radical (unpaired) electrons. The number of methoxy groups -OCH3 is 2. The van der Waals surface area contributed by atoms with Crippen LogP contribution in [0.15, 0.2) is 42.6 Å². The molecular formula is C22H25N5O3S. The second kappa shape index (κ2) is 8.89. The molecule has 0 spiro atoms. The number of nitrogens with one attached hydrogen (secondary N) is 1. The van der Waals surface area contributed by atoms with Gasteiger partial charge >= 0.3 is 0 Å². The van der Waals surface area contributed by atoms with Gasteiger partial charge in [-0.2, -0.15) is 11.8 Å². The van der Waals surface area contributed by atoms with E-state index in [2.05, 4.69) is 15.5 Å². The molecule has 162 valence electrons. The third kappa shape index (κ3) is 3.81. The third-order valence-corrected chi connectivity index (χ3v) is 6.00. The molecule has 1 atom stereocenters. The number of benzene rings is 1. The van der Waals surface area contributed by atoms with Gasteiger partial charge in [-0.25, -0.2) is 0 Å². The molecule has 3 heterocycles. The quantitative estimate of drug-likeness (QED) is 0.453. The van der Waals surface area contributed by atoms with Crippen LogP contribution in [0.25, 0.3) is 16.6 Å². The van der Waals surface area contributed by atoms with Crippen LogP contribution in [0.1, 0.15) is 28.8 Å². The predicted molar refractivity (Wildman–Crippen MR) is 122 cm³/mol. The fourth-order valence-corrected chi connectivity index (χ4v) is 4.27. The van der Waals surface area contributed by atoms with Crippen molar-refractivity contribution in [1.29, 1.82) is 0 Å². The summed E-state index contributed by atoms with van der Waals surface area (Å²) >= 11 is 1.73. The van der Waals surface area contributed by atoms with E-state index in [1.165, 1.54) is 0 Å². The van der Waals surface area contributed by atoms with E-state index in [1.807, 2.05) is 64.9 Å². The second-order valence-electron chi connectivity index (χ2n) is 7.12. The summed E-state index contributed by atoms with van der Waals surface area (Å²) in [4.78, 5) is 13.4. The van der Waals surface area contributed by atoms with Crippen LogP contribution in [0.2, 0.25) is 0 Å². The van der Waals surface area contributed by atoms with Crippen molar-refractivity contribution in [1.82, 2.24) is 24.5 Å². The Hall–Kier alpha value is -3.20. The first-order valence-corrected chi connectivity index (χ1v) is 11.3. The average Bonchev–Trinajstić information content (AvgIpc) is 3.38. The molecule has 0 fully saturated rings. The topological polar surface area (TPSA) is 82.7 Å². The molecule has 1 N–H and O–H groups in total. The Morgan fingerprint density at radius 2 is 1.94 bits per heavy atom. The van der Waals surface area contributed by atoms with Gasteiger partial charge in [-0.15, -0.1) is 10.2 Å². The van der Waals surface area contributed by atoms with E-state index < -0.39 is 0 Å². The number of ether oxygens (including phenoxy) is 2. The van der Waals surface area contributed by atoms with Gasteiger partial charge in [-0.1, -0.05) is 6.07 Å². The zero-order valence-electron chi connectivity index (χ0n) is 18.0. The van der Waals surface area contributed by atoms with Crippen molar-refractivity contribution in [3.05, 3.63) is 54.1 Å². The molecule has 0 aliphatic carbocycles. The van der Waals surface area contributed by atoms with Crippen molar-refractivity contribution in [2.45, 2.75) is 12.5 Å². The number of hydrogen-bond acceptors (Lipinski definition) is 6. The molecule has 1 amide bonds. The highest BCUT2D eigenvalue weighted by Gasteiger charge is 2.24. The lowest BCUT2D eigenvalue weighted by molar-refractivity contribution is 0.0926. The van der Waals surface area contributed by atoms with Gasteiger partial charge in [-0.05, 0) is 48.8 Å². The maximum Gasteiger partial charge on any atom is 0.268 e. The van der Waals surface area contributed by atoms with Crippen molar-refractivity contribution < 1.29 is 14.3 Å². The normalized spacial score (nSPS) is 12.3. The molecule has 4 rings (SSSR count). The lowest BCUT2D eigenvalue weighted by atomic mass is 10.2. The van der Waals surface area contributed by atoms with Gasteiger partial charge in [0, 0.05) is 18.6 Å². The molecule has 0 bridgehead atoms. The minimum absolute atomic E-state index is 0.193. The molecule has 0 saturated heterocycles. The molecular weight excluding hydrogens is 414 g/mol. The van der Waals surface area contributed by atoms with Gasteiger partial charge in [0.05, 0.1) is 25.8 Å². The monoisotopic (exact) mass is 439 g/mol. The Morgan fingerprint density at radius 1 is 1.16 bits per heavy atom. The minimum Gasteiger partial charge on any atom is -0.496 e. The summed E-state index contributed by atoms with van der Waals surface area (Å²) in [7, 11) is 5.08. The summed E-state index contributed by atoms with van der Waals surface area (Å²) in [5, 5.41) is 12.6. The Labute approximate surface area is 184 Å². The summed E-state index contributed by atoms with van der Waals surface area (Å²) in [6.07, 6.45) is 4.69. The molecule has 9 heteroatoms. The predicted octanol–water partition coefficient (Wildman–Crippen LogP) is 3.46. The number of aryl methyl sites for hydroxylation is 1. The van der Waals surface area contributed by atoms with E-state index in [-0.39, 0.29) is 11.9 Å². The van der Waals surface area contributed by atoms with Gasteiger partial charge in [-0.3, -0.25) is 9.20 Å². The highest BCUT2D eigenvalue weighted by atomic mass is 32.2. The van der Waals surface area contributed by atoms with Gasteiger partial charge in [0.2, 0.25) is 0 Å². The summed E-state index contributed by atoms with van der Waals surface area (Å²) in [5.74, 6) is 2.77. The van der Waals surface area contributed by atoms with Crippen molar-refractivity contribution >= 4 is 34.2 Å². The zero-order chi connectivity index (χ0) is 22.0. The fourth-order valence-electron chi connectivity index (χ4n) is 3.80. The van der Waals surface area contributed by atoms with Crippen LogP contribution in [0.4, 0.5) is 0 Å². The van der Waals surface area contributed by atoms with E-state index in [4.69, 9.17) is 9.47 Å². The maximum absolute atomic E-state index is 13.4. The number of rotatable bonds is 8. The van der Waals surface area contributed by atoms with E-state index in [1.54, 1.807) is 26.0 Å².